The number of hydrogen-bond donors (Lipinski definition) is 0. The molecule has 22 heavy (non-hydrogen) atoms. The maximum atomic E-state index is 5.96. The fraction of sp³-hybridized carbons (Fsp3) is 0.700. The molecule has 2 atom stereocenters. The molecule has 2 heteroatoms. The lowest BCUT2D eigenvalue weighted by Crippen LogP contribution is -2.41. The molecule has 122 valence electrons. The Kier molecular flexibility index (Phi) is 4.77. The van der Waals surface area contributed by atoms with E-state index in [9.17, 15) is 0 Å². The van der Waals surface area contributed by atoms with Gasteiger partial charge >= 0.3 is 0 Å². The van der Waals surface area contributed by atoms with Crippen LogP contribution in [0.4, 0.5) is 0 Å². The molecule has 0 amide bonds. The van der Waals surface area contributed by atoms with Crippen molar-refractivity contribution < 1.29 is 4.74 Å². The summed E-state index contributed by atoms with van der Waals surface area (Å²) in [6, 6.07) is 9.00. The van der Waals surface area contributed by atoms with Gasteiger partial charge in [-0.2, -0.15) is 0 Å². The second-order valence-corrected chi connectivity index (χ2v) is 7.66. The summed E-state index contributed by atoms with van der Waals surface area (Å²) in [5.74, 6) is 1.85. The summed E-state index contributed by atoms with van der Waals surface area (Å²) in [6.45, 7) is 6.72. The summed E-state index contributed by atoms with van der Waals surface area (Å²) in [5, 5.41) is 0. The Bertz CT molecular complexity index is 498. The van der Waals surface area contributed by atoms with Gasteiger partial charge in [0.2, 0.25) is 0 Å². The third-order valence-electron chi connectivity index (χ3n) is 5.68. The molecular formula is C20H31NO. The molecule has 1 aromatic rings. The molecule has 0 unspecified atom stereocenters. The minimum absolute atomic E-state index is 0.246. The fourth-order valence-corrected chi connectivity index (χ4v) is 4.71. The van der Waals surface area contributed by atoms with Gasteiger partial charge in [-0.15, -0.1) is 0 Å². The van der Waals surface area contributed by atoms with Crippen molar-refractivity contribution in [3.63, 3.8) is 0 Å². The van der Waals surface area contributed by atoms with Gasteiger partial charge in [0, 0.05) is 6.54 Å². The van der Waals surface area contributed by atoms with Gasteiger partial charge in [0.1, 0.15) is 5.75 Å². The van der Waals surface area contributed by atoms with E-state index in [4.69, 9.17) is 4.74 Å². The summed E-state index contributed by atoms with van der Waals surface area (Å²) in [7, 11) is 2.29. The number of hydrogen-bond acceptors (Lipinski definition) is 2. The lowest BCUT2D eigenvalue weighted by atomic mass is 9.61. The molecule has 0 aromatic heterocycles. The SMILES string of the molecule is CC(C)Oc1cccc([C@@]23CCCC[C@H]2CN(C)CCC3)c1. The van der Waals surface area contributed by atoms with E-state index in [1.54, 1.807) is 0 Å². The lowest BCUT2D eigenvalue weighted by Gasteiger charge is -2.44. The number of likely N-dealkylation sites (tertiary alicyclic amines) is 1. The van der Waals surface area contributed by atoms with Crippen LogP contribution in [0.3, 0.4) is 0 Å². The standard InChI is InChI=1S/C20H31NO/c1-16(2)22-19-10-6-9-17(14-19)20-11-5-4-8-18(20)15-21(3)13-7-12-20/h6,9-10,14,16,18H,4-5,7-8,11-13,15H2,1-3H3/t18-,20-/m0/s1. The molecule has 1 aromatic carbocycles. The Morgan fingerprint density at radius 1 is 1.18 bits per heavy atom. The maximum Gasteiger partial charge on any atom is 0.119 e. The highest BCUT2D eigenvalue weighted by Gasteiger charge is 2.43. The lowest BCUT2D eigenvalue weighted by molar-refractivity contribution is 0.156. The molecule has 0 bridgehead atoms. The number of fused-ring (bicyclic) bond motifs is 1. The van der Waals surface area contributed by atoms with E-state index in [2.05, 4.69) is 50.1 Å². The van der Waals surface area contributed by atoms with E-state index >= 15 is 0 Å². The van der Waals surface area contributed by atoms with Crippen LogP contribution in [0.25, 0.3) is 0 Å². The Morgan fingerprint density at radius 3 is 2.82 bits per heavy atom. The first-order valence-corrected chi connectivity index (χ1v) is 9.06. The van der Waals surface area contributed by atoms with Crippen molar-refractivity contribution in [2.45, 2.75) is 63.9 Å². The molecule has 1 heterocycles. The molecule has 2 aliphatic rings. The Hall–Kier alpha value is -1.02. The van der Waals surface area contributed by atoms with Gasteiger partial charge in [0.15, 0.2) is 0 Å². The first-order chi connectivity index (χ1) is 10.6. The average molecular weight is 301 g/mol. The van der Waals surface area contributed by atoms with Gasteiger partial charge in [-0.1, -0.05) is 25.0 Å². The second-order valence-electron chi connectivity index (χ2n) is 7.66. The largest absolute Gasteiger partial charge is 0.491 e. The van der Waals surface area contributed by atoms with Gasteiger partial charge in [-0.25, -0.2) is 0 Å². The molecule has 1 aliphatic carbocycles. The molecule has 2 fully saturated rings. The normalized spacial score (nSPS) is 29.9. The van der Waals surface area contributed by atoms with Gasteiger partial charge in [0.05, 0.1) is 6.10 Å². The molecule has 0 N–H and O–H groups in total. The van der Waals surface area contributed by atoms with Gasteiger partial charge < -0.3 is 9.64 Å². The summed E-state index contributed by atoms with van der Waals surface area (Å²) < 4.78 is 5.96. The minimum atomic E-state index is 0.246. The third-order valence-corrected chi connectivity index (χ3v) is 5.68. The van der Waals surface area contributed by atoms with E-state index in [1.807, 2.05) is 0 Å². The first-order valence-electron chi connectivity index (χ1n) is 9.06. The zero-order valence-corrected chi connectivity index (χ0v) is 14.5. The summed E-state index contributed by atoms with van der Waals surface area (Å²) in [6.07, 6.45) is 8.44. The number of nitrogens with zero attached hydrogens (tertiary/aromatic N) is 1. The number of ether oxygens (including phenoxy) is 1. The topological polar surface area (TPSA) is 12.5 Å². The van der Waals surface area contributed by atoms with Gasteiger partial charge in [-0.3, -0.25) is 0 Å². The molecule has 1 saturated carbocycles. The zero-order valence-electron chi connectivity index (χ0n) is 14.5. The summed E-state index contributed by atoms with van der Waals surface area (Å²) >= 11 is 0. The van der Waals surface area contributed by atoms with Crippen LogP contribution in [0.5, 0.6) is 5.75 Å². The highest BCUT2D eigenvalue weighted by molar-refractivity contribution is 5.35. The van der Waals surface area contributed by atoms with E-state index < -0.39 is 0 Å². The van der Waals surface area contributed by atoms with Gasteiger partial charge in [0.25, 0.3) is 0 Å². The van der Waals surface area contributed by atoms with Crippen molar-refractivity contribution in [3.8, 4) is 5.75 Å². The quantitative estimate of drug-likeness (QED) is 0.807. The van der Waals surface area contributed by atoms with Crippen LogP contribution in [0.2, 0.25) is 0 Å². The monoisotopic (exact) mass is 301 g/mol. The van der Waals surface area contributed by atoms with Crippen LogP contribution in [-0.4, -0.2) is 31.1 Å². The van der Waals surface area contributed by atoms with E-state index in [-0.39, 0.29) is 6.10 Å². The van der Waals surface area contributed by atoms with E-state index in [0.29, 0.717) is 5.41 Å². The molecular weight excluding hydrogens is 270 g/mol. The smallest absolute Gasteiger partial charge is 0.119 e. The van der Waals surface area contributed by atoms with Crippen molar-refractivity contribution in [1.29, 1.82) is 0 Å². The van der Waals surface area contributed by atoms with Crippen molar-refractivity contribution in [1.82, 2.24) is 4.90 Å². The highest BCUT2D eigenvalue weighted by atomic mass is 16.5. The third kappa shape index (κ3) is 3.17. The minimum Gasteiger partial charge on any atom is -0.491 e. The summed E-state index contributed by atoms with van der Waals surface area (Å²) in [5.41, 5.74) is 1.92. The highest BCUT2D eigenvalue weighted by Crippen LogP contribution is 2.49. The van der Waals surface area contributed by atoms with Crippen molar-refractivity contribution in [2.75, 3.05) is 20.1 Å². The van der Waals surface area contributed by atoms with Crippen LogP contribution in [0.1, 0.15) is 57.9 Å². The number of benzene rings is 1. The van der Waals surface area contributed by atoms with Crippen LogP contribution in [-0.2, 0) is 5.41 Å². The van der Waals surface area contributed by atoms with Crippen LogP contribution < -0.4 is 4.74 Å². The predicted octanol–water partition coefficient (Wildman–Crippen LogP) is 4.63. The summed E-state index contributed by atoms with van der Waals surface area (Å²) in [4.78, 5) is 2.55. The van der Waals surface area contributed by atoms with Crippen molar-refractivity contribution in [2.24, 2.45) is 5.92 Å². The molecule has 3 rings (SSSR count). The first kappa shape index (κ1) is 15.9. The van der Waals surface area contributed by atoms with Crippen LogP contribution >= 0.6 is 0 Å². The van der Waals surface area contributed by atoms with Crippen molar-refractivity contribution in [3.05, 3.63) is 29.8 Å². The van der Waals surface area contributed by atoms with Crippen LogP contribution in [0, 0.1) is 5.92 Å². The van der Waals surface area contributed by atoms with Crippen LogP contribution in [0.15, 0.2) is 24.3 Å². The molecule has 1 aliphatic heterocycles. The Balaban J connectivity index is 1.94. The number of rotatable bonds is 3. The molecule has 0 radical (unpaired) electrons. The second kappa shape index (κ2) is 6.62. The fourth-order valence-electron chi connectivity index (χ4n) is 4.71. The maximum absolute atomic E-state index is 5.96. The average Bonchev–Trinajstić information content (AvgIpc) is 2.65. The van der Waals surface area contributed by atoms with E-state index in [1.165, 1.54) is 57.2 Å². The molecule has 0 spiro atoms. The van der Waals surface area contributed by atoms with Gasteiger partial charge in [-0.05, 0) is 82.2 Å². The molecule has 1 saturated heterocycles. The zero-order chi connectivity index (χ0) is 15.6. The van der Waals surface area contributed by atoms with E-state index in [0.717, 1.165) is 11.7 Å². The Morgan fingerprint density at radius 2 is 2.00 bits per heavy atom. The molecule has 2 nitrogen and oxygen atoms in total. The Labute approximate surface area is 135 Å². The predicted molar refractivity (Wildman–Crippen MR) is 92.6 cm³/mol. The van der Waals surface area contributed by atoms with Crippen molar-refractivity contribution >= 4 is 0 Å².